The van der Waals surface area contributed by atoms with Crippen LogP contribution in [0.5, 0.6) is 0 Å². The molecular formula is C26H18BrN3O. The first-order chi connectivity index (χ1) is 15.1. The van der Waals surface area contributed by atoms with E-state index in [1.54, 1.807) is 0 Å². The zero-order chi connectivity index (χ0) is 21.4. The number of amides is 1. The lowest BCUT2D eigenvalue weighted by atomic mass is 10.0. The van der Waals surface area contributed by atoms with Crippen LogP contribution in [0.15, 0.2) is 89.4 Å². The number of aryl methyl sites for hydroxylation is 1. The minimum Gasteiger partial charge on any atom is -0.320 e. The van der Waals surface area contributed by atoms with Crippen LogP contribution in [-0.2, 0) is 0 Å². The molecule has 2 heterocycles. The van der Waals surface area contributed by atoms with Crippen molar-refractivity contribution < 1.29 is 4.79 Å². The van der Waals surface area contributed by atoms with Gasteiger partial charge < -0.3 is 5.32 Å². The van der Waals surface area contributed by atoms with Crippen LogP contribution in [0, 0.1) is 6.92 Å². The van der Waals surface area contributed by atoms with Crippen LogP contribution in [0.1, 0.15) is 16.1 Å². The SMILES string of the molecule is Cc1ccc2cccc(NC(=O)c3cc(-c4cccc(Br)c4)nc4ccccc34)c2n1. The van der Waals surface area contributed by atoms with Crippen molar-refractivity contribution in [2.45, 2.75) is 6.92 Å². The number of para-hydroxylation sites is 2. The first-order valence-corrected chi connectivity index (χ1v) is 10.7. The molecule has 0 saturated heterocycles. The van der Waals surface area contributed by atoms with Crippen molar-refractivity contribution in [2.75, 3.05) is 5.32 Å². The first kappa shape index (κ1) is 19.4. The molecule has 1 N–H and O–H groups in total. The molecule has 0 aliphatic carbocycles. The number of carbonyl (C=O) groups excluding carboxylic acids is 1. The van der Waals surface area contributed by atoms with Crippen LogP contribution in [0.25, 0.3) is 33.1 Å². The lowest BCUT2D eigenvalue weighted by Crippen LogP contribution is -2.13. The van der Waals surface area contributed by atoms with Gasteiger partial charge in [0.05, 0.1) is 28.0 Å². The van der Waals surface area contributed by atoms with Gasteiger partial charge in [-0.1, -0.05) is 64.5 Å². The highest BCUT2D eigenvalue weighted by Crippen LogP contribution is 2.28. The van der Waals surface area contributed by atoms with Gasteiger partial charge >= 0.3 is 0 Å². The summed E-state index contributed by atoms with van der Waals surface area (Å²) in [6, 6.07) is 27.2. The smallest absolute Gasteiger partial charge is 0.256 e. The number of nitrogens with one attached hydrogen (secondary N) is 1. The summed E-state index contributed by atoms with van der Waals surface area (Å²) >= 11 is 3.52. The fourth-order valence-corrected chi connectivity index (χ4v) is 4.09. The number of hydrogen-bond acceptors (Lipinski definition) is 3. The Kier molecular flexibility index (Phi) is 4.96. The third-order valence-corrected chi connectivity index (χ3v) is 5.68. The van der Waals surface area contributed by atoms with E-state index in [1.807, 2.05) is 91.9 Å². The van der Waals surface area contributed by atoms with Crippen LogP contribution in [0.3, 0.4) is 0 Å². The molecule has 0 atom stereocenters. The number of halogens is 1. The molecule has 0 radical (unpaired) electrons. The van der Waals surface area contributed by atoms with E-state index >= 15 is 0 Å². The number of hydrogen-bond donors (Lipinski definition) is 1. The maximum Gasteiger partial charge on any atom is 0.256 e. The minimum absolute atomic E-state index is 0.189. The normalized spacial score (nSPS) is 11.0. The van der Waals surface area contributed by atoms with Crippen LogP contribution >= 0.6 is 15.9 Å². The molecule has 5 aromatic rings. The topological polar surface area (TPSA) is 54.9 Å². The van der Waals surface area contributed by atoms with Crippen LogP contribution in [0.4, 0.5) is 5.69 Å². The Labute approximate surface area is 188 Å². The molecule has 5 rings (SSSR count). The molecule has 0 spiro atoms. The molecule has 0 aliphatic rings. The van der Waals surface area contributed by atoms with Crippen molar-refractivity contribution in [1.29, 1.82) is 0 Å². The van der Waals surface area contributed by atoms with Crippen LogP contribution < -0.4 is 5.32 Å². The van der Waals surface area contributed by atoms with Crippen LogP contribution in [-0.4, -0.2) is 15.9 Å². The molecule has 5 heteroatoms. The van der Waals surface area contributed by atoms with Gasteiger partial charge in [-0.15, -0.1) is 0 Å². The zero-order valence-electron chi connectivity index (χ0n) is 16.8. The fraction of sp³-hybridized carbons (Fsp3) is 0.0385. The van der Waals surface area contributed by atoms with E-state index in [0.717, 1.165) is 43.2 Å². The van der Waals surface area contributed by atoms with Crippen LogP contribution in [0.2, 0.25) is 0 Å². The molecule has 0 saturated carbocycles. The van der Waals surface area contributed by atoms with E-state index in [0.29, 0.717) is 11.3 Å². The van der Waals surface area contributed by atoms with E-state index in [2.05, 4.69) is 26.2 Å². The highest BCUT2D eigenvalue weighted by atomic mass is 79.9. The quantitative estimate of drug-likeness (QED) is 0.318. The summed E-state index contributed by atoms with van der Waals surface area (Å²) in [6.07, 6.45) is 0. The van der Waals surface area contributed by atoms with E-state index in [4.69, 9.17) is 4.98 Å². The third kappa shape index (κ3) is 3.80. The lowest BCUT2D eigenvalue weighted by molar-refractivity contribution is 0.102. The second-order valence-corrected chi connectivity index (χ2v) is 8.28. The van der Waals surface area contributed by atoms with Gasteiger partial charge in [0.2, 0.25) is 0 Å². The van der Waals surface area contributed by atoms with Crippen molar-refractivity contribution in [1.82, 2.24) is 9.97 Å². The summed E-state index contributed by atoms with van der Waals surface area (Å²) in [5.41, 5.74) is 5.41. The monoisotopic (exact) mass is 467 g/mol. The number of carbonyl (C=O) groups is 1. The Morgan fingerprint density at radius 1 is 0.871 bits per heavy atom. The summed E-state index contributed by atoms with van der Waals surface area (Å²) in [6.45, 7) is 1.94. The number of aromatic nitrogens is 2. The summed E-state index contributed by atoms with van der Waals surface area (Å²) in [5, 5.41) is 4.86. The number of nitrogens with zero attached hydrogens (tertiary/aromatic N) is 2. The van der Waals surface area contributed by atoms with Crippen molar-refractivity contribution in [3.05, 3.63) is 101 Å². The highest BCUT2D eigenvalue weighted by Gasteiger charge is 2.15. The maximum atomic E-state index is 13.4. The maximum absolute atomic E-state index is 13.4. The molecule has 4 nitrogen and oxygen atoms in total. The molecule has 0 unspecified atom stereocenters. The van der Waals surface area contributed by atoms with E-state index in [9.17, 15) is 4.79 Å². The molecule has 1 amide bonds. The van der Waals surface area contributed by atoms with E-state index < -0.39 is 0 Å². The van der Waals surface area contributed by atoms with Gasteiger partial charge in [-0.05, 0) is 43.3 Å². The van der Waals surface area contributed by atoms with Crippen molar-refractivity contribution in [3.8, 4) is 11.3 Å². The largest absolute Gasteiger partial charge is 0.320 e. The summed E-state index contributed by atoms with van der Waals surface area (Å²) in [4.78, 5) is 22.8. The van der Waals surface area contributed by atoms with Crippen molar-refractivity contribution in [2.24, 2.45) is 0 Å². The second-order valence-electron chi connectivity index (χ2n) is 7.37. The summed E-state index contributed by atoms with van der Waals surface area (Å²) < 4.78 is 0.961. The van der Waals surface area contributed by atoms with E-state index in [1.165, 1.54) is 0 Å². The molecule has 0 aliphatic heterocycles. The second kappa shape index (κ2) is 7.93. The molecular weight excluding hydrogens is 450 g/mol. The first-order valence-electron chi connectivity index (χ1n) is 9.92. The van der Waals surface area contributed by atoms with Gasteiger partial charge in [-0.2, -0.15) is 0 Å². The standard InChI is InChI=1S/C26H18BrN3O/c1-16-12-13-17-6-5-11-23(25(17)28-16)30-26(31)21-15-24(18-7-4-8-19(27)14-18)29-22-10-3-2-9-20(21)22/h2-15H,1H3,(H,30,31). The third-order valence-electron chi connectivity index (χ3n) is 5.19. The zero-order valence-corrected chi connectivity index (χ0v) is 18.3. The lowest BCUT2D eigenvalue weighted by Gasteiger charge is -2.12. The Bertz CT molecular complexity index is 1460. The Morgan fingerprint density at radius 2 is 1.71 bits per heavy atom. The summed E-state index contributed by atoms with van der Waals surface area (Å²) in [7, 11) is 0. The molecule has 31 heavy (non-hydrogen) atoms. The van der Waals surface area contributed by atoms with Gasteiger partial charge in [-0.25, -0.2) is 4.98 Å². The fourth-order valence-electron chi connectivity index (χ4n) is 3.69. The van der Waals surface area contributed by atoms with Crippen molar-refractivity contribution in [3.63, 3.8) is 0 Å². The van der Waals surface area contributed by atoms with Gasteiger partial charge in [0.1, 0.15) is 0 Å². The number of anilines is 1. The Balaban J connectivity index is 1.63. The van der Waals surface area contributed by atoms with Gasteiger partial charge in [0.15, 0.2) is 0 Å². The van der Waals surface area contributed by atoms with Gasteiger partial charge in [0.25, 0.3) is 5.91 Å². The highest BCUT2D eigenvalue weighted by molar-refractivity contribution is 9.10. The number of benzene rings is 3. The van der Waals surface area contributed by atoms with Gasteiger partial charge in [0, 0.05) is 26.5 Å². The molecule has 3 aromatic carbocycles. The number of pyridine rings is 2. The molecule has 0 bridgehead atoms. The number of fused-ring (bicyclic) bond motifs is 2. The average Bonchev–Trinajstić information content (AvgIpc) is 2.78. The average molecular weight is 468 g/mol. The predicted octanol–water partition coefficient (Wildman–Crippen LogP) is 6.77. The Morgan fingerprint density at radius 3 is 2.58 bits per heavy atom. The molecule has 2 aromatic heterocycles. The molecule has 0 fully saturated rings. The van der Waals surface area contributed by atoms with Crippen molar-refractivity contribution >= 4 is 49.3 Å². The Hall–Kier alpha value is -3.57. The van der Waals surface area contributed by atoms with E-state index in [-0.39, 0.29) is 5.91 Å². The van der Waals surface area contributed by atoms with Gasteiger partial charge in [-0.3, -0.25) is 9.78 Å². The predicted molar refractivity (Wildman–Crippen MR) is 129 cm³/mol. The minimum atomic E-state index is -0.189. The number of rotatable bonds is 3. The molecule has 150 valence electrons. The summed E-state index contributed by atoms with van der Waals surface area (Å²) in [5.74, 6) is -0.189.